The van der Waals surface area contributed by atoms with Crippen LogP contribution in [-0.4, -0.2) is 58.8 Å². The molecule has 2 N–H and O–H groups in total. The Labute approximate surface area is 194 Å². The maximum Gasteiger partial charge on any atom is 0.228 e. The molecule has 172 valence electrons. The van der Waals surface area contributed by atoms with Gasteiger partial charge in [0.05, 0.1) is 24.9 Å². The van der Waals surface area contributed by atoms with Gasteiger partial charge in [0.1, 0.15) is 5.82 Å². The van der Waals surface area contributed by atoms with Crippen molar-refractivity contribution in [3.63, 3.8) is 0 Å². The minimum atomic E-state index is -0.438. The molecule has 2 saturated heterocycles. The minimum absolute atomic E-state index is 0.0316. The zero-order valence-corrected chi connectivity index (χ0v) is 19.6. The molecular weight excluding hydrogens is 426 g/mol. The van der Waals surface area contributed by atoms with Crippen LogP contribution in [0.1, 0.15) is 51.0 Å². The van der Waals surface area contributed by atoms with Crippen molar-refractivity contribution in [3.05, 3.63) is 35.0 Å². The van der Waals surface area contributed by atoms with E-state index < -0.39 is 6.10 Å². The highest BCUT2D eigenvalue weighted by molar-refractivity contribution is 6.32. The number of anilines is 1. The van der Waals surface area contributed by atoms with Gasteiger partial charge in [-0.2, -0.15) is 0 Å². The van der Waals surface area contributed by atoms with Crippen LogP contribution in [0.3, 0.4) is 0 Å². The monoisotopic (exact) mass is 457 g/mol. The molecule has 0 unspecified atom stereocenters. The Morgan fingerprint density at radius 1 is 1.25 bits per heavy atom. The lowest BCUT2D eigenvalue weighted by Gasteiger charge is -2.43. The molecule has 32 heavy (non-hydrogen) atoms. The molecule has 0 radical (unpaired) electrons. The van der Waals surface area contributed by atoms with Gasteiger partial charge in [-0.3, -0.25) is 9.69 Å². The van der Waals surface area contributed by atoms with Gasteiger partial charge >= 0.3 is 0 Å². The molecule has 1 aromatic carbocycles. The highest BCUT2D eigenvalue weighted by Gasteiger charge is 2.45. The highest BCUT2D eigenvalue weighted by Crippen LogP contribution is 2.39. The first-order valence-corrected chi connectivity index (χ1v) is 12.1. The minimum Gasteiger partial charge on any atom is -0.389 e. The summed E-state index contributed by atoms with van der Waals surface area (Å²) in [5, 5.41) is 16.2. The van der Waals surface area contributed by atoms with E-state index in [1.54, 1.807) is 6.20 Å². The molecule has 7 heteroatoms. The summed E-state index contributed by atoms with van der Waals surface area (Å²) < 4.78 is 5.53. The first kappa shape index (κ1) is 22.1. The largest absolute Gasteiger partial charge is 0.389 e. The first-order valence-electron chi connectivity index (χ1n) is 11.8. The van der Waals surface area contributed by atoms with E-state index in [0.29, 0.717) is 30.9 Å². The van der Waals surface area contributed by atoms with Crippen molar-refractivity contribution in [1.82, 2.24) is 9.88 Å². The van der Waals surface area contributed by atoms with Gasteiger partial charge in [0, 0.05) is 22.5 Å². The first-order chi connectivity index (χ1) is 15.3. The number of nitrogens with zero attached hydrogens (tertiary/aromatic N) is 2. The molecule has 0 bridgehead atoms. The fraction of sp³-hybridized carbons (Fsp3) is 0.600. The summed E-state index contributed by atoms with van der Waals surface area (Å²) in [6, 6.07) is 6.10. The SMILES string of the molecule is C[C@H](C(=O)Nc1cc2cc(C3CCN([C@]4(C)COC[C@@H]4O)CC3)c(Cl)cc2cn1)C1CC1. The van der Waals surface area contributed by atoms with Gasteiger partial charge in [-0.25, -0.2) is 4.98 Å². The molecule has 3 fully saturated rings. The number of halogens is 1. The standard InChI is InChI=1S/C25H32ClN3O3/c1-15(16-3-4-16)24(31)28-23-11-18-9-20(21(26)10-19(18)12-27-23)17-5-7-29(8-6-17)25(2)14-32-13-22(25)30/h9-12,15-17,22,30H,3-8,13-14H2,1-2H3,(H,27,28,31)/t15-,22-,25+/m0/s1. The van der Waals surface area contributed by atoms with Gasteiger partial charge in [-0.15, -0.1) is 0 Å². The predicted octanol–water partition coefficient (Wildman–Crippen LogP) is 4.20. The summed E-state index contributed by atoms with van der Waals surface area (Å²) in [5.74, 6) is 1.57. The molecule has 2 aliphatic heterocycles. The van der Waals surface area contributed by atoms with Gasteiger partial charge in [-0.05, 0) is 86.7 Å². The summed E-state index contributed by atoms with van der Waals surface area (Å²) in [5.41, 5.74) is 0.858. The molecule has 1 aromatic heterocycles. The smallest absolute Gasteiger partial charge is 0.228 e. The van der Waals surface area contributed by atoms with Crippen molar-refractivity contribution >= 4 is 34.1 Å². The van der Waals surface area contributed by atoms with Crippen LogP contribution in [0, 0.1) is 11.8 Å². The molecule has 5 rings (SSSR count). The van der Waals surface area contributed by atoms with Crippen LogP contribution >= 0.6 is 11.6 Å². The predicted molar refractivity (Wildman–Crippen MR) is 126 cm³/mol. The van der Waals surface area contributed by atoms with Crippen LogP contribution in [0.5, 0.6) is 0 Å². The van der Waals surface area contributed by atoms with E-state index in [9.17, 15) is 9.90 Å². The zero-order valence-electron chi connectivity index (χ0n) is 18.8. The third-order valence-corrected chi connectivity index (χ3v) is 8.20. The number of hydrogen-bond donors (Lipinski definition) is 2. The van der Waals surface area contributed by atoms with Gasteiger partial charge in [0.25, 0.3) is 0 Å². The molecule has 1 saturated carbocycles. The number of amides is 1. The maximum absolute atomic E-state index is 12.5. The van der Waals surface area contributed by atoms with Gasteiger partial charge < -0.3 is 15.2 Å². The third-order valence-electron chi connectivity index (χ3n) is 7.88. The molecule has 1 amide bonds. The number of fused-ring (bicyclic) bond motifs is 1. The average molecular weight is 458 g/mol. The summed E-state index contributed by atoms with van der Waals surface area (Å²) in [7, 11) is 0. The van der Waals surface area contributed by atoms with Crippen molar-refractivity contribution in [2.45, 2.75) is 57.1 Å². The maximum atomic E-state index is 12.5. The van der Waals surface area contributed by atoms with E-state index in [4.69, 9.17) is 16.3 Å². The highest BCUT2D eigenvalue weighted by atomic mass is 35.5. The number of carbonyl (C=O) groups is 1. The number of nitrogens with one attached hydrogen (secondary N) is 1. The quantitative estimate of drug-likeness (QED) is 0.703. The fourth-order valence-electron chi connectivity index (χ4n) is 5.27. The second kappa shape index (κ2) is 8.56. The van der Waals surface area contributed by atoms with Crippen molar-refractivity contribution in [2.24, 2.45) is 11.8 Å². The van der Waals surface area contributed by atoms with Gasteiger partial charge in [0.15, 0.2) is 0 Å². The molecule has 6 nitrogen and oxygen atoms in total. The molecule has 3 atom stereocenters. The second-order valence-corrected chi connectivity index (χ2v) is 10.5. The molecule has 3 aliphatic rings. The number of hydrogen-bond acceptors (Lipinski definition) is 5. The number of rotatable bonds is 5. The Morgan fingerprint density at radius 3 is 2.66 bits per heavy atom. The van der Waals surface area contributed by atoms with E-state index in [1.165, 1.54) is 0 Å². The molecule has 3 heterocycles. The van der Waals surface area contributed by atoms with Crippen LogP contribution in [0.4, 0.5) is 5.82 Å². The number of likely N-dealkylation sites (tertiary alicyclic amines) is 1. The van der Waals surface area contributed by atoms with Crippen LogP contribution in [0.15, 0.2) is 24.4 Å². The number of pyridine rings is 1. The van der Waals surface area contributed by atoms with E-state index in [1.807, 2.05) is 19.1 Å². The van der Waals surface area contributed by atoms with Crippen LogP contribution in [0.2, 0.25) is 5.02 Å². The Balaban J connectivity index is 1.31. The lowest BCUT2D eigenvalue weighted by molar-refractivity contribution is -0.119. The number of aliphatic hydroxyl groups excluding tert-OH is 1. The Kier molecular flexibility index (Phi) is 5.91. The lowest BCUT2D eigenvalue weighted by atomic mass is 9.85. The molecule has 1 aliphatic carbocycles. The van der Waals surface area contributed by atoms with Crippen LogP contribution in [0.25, 0.3) is 10.8 Å². The third kappa shape index (κ3) is 4.14. The van der Waals surface area contributed by atoms with Crippen molar-refractivity contribution < 1.29 is 14.6 Å². The Morgan fingerprint density at radius 2 is 2.00 bits per heavy atom. The van der Waals surface area contributed by atoms with Crippen molar-refractivity contribution in [1.29, 1.82) is 0 Å². The number of piperidine rings is 1. The summed E-state index contributed by atoms with van der Waals surface area (Å²) in [6.45, 7) is 6.91. The van der Waals surface area contributed by atoms with Crippen LogP contribution < -0.4 is 5.32 Å². The zero-order chi connectivity index (χ0) is 22.5. The topological polar surface area (TPSA) is 74.7 Å². The number of aliphatic hydroxyl groups is 1. The van der Waals surface area contributed by atoms with E-state index in [0.717, 1.165) is 60.1 Å². The lowest BCUT2D eigenvalue weighted by Crippen LogP contribution is -2.56. The molecule has 2 aromatic rings. The number of benzene rings is 1. The van der Waals surface area contributed by atoms with E-state index in [-0.39, 0.29) is 17.4 Å². The fourth-order valence-corrected chi connectivity index (χ4v) is 5.60. The Hall–Kier alpha value is -1.73. The summed E-state index contributed by atoms with van der Waals surface area (Å²) >= 11 is 6.69. The molecule has 0 spiro atoms. The van der Waals surface area contributed by atoms with Crippen LogP contribution in [-0.2, 0) is 9.53 Å². The van der Waals surface area contributed by atoms with E-state index in [2.05, 4.69) is 28.2 Å². The number of carbonyl (C=O) groups excluding carboxylic acids is 1. The average Bonchev–Trinajstić information content (AvgIpc) is 3.58. The summed E-state index contributed by atoms with van der Waals surface area (Å²) in [4.78, 5) is 19.3. The second-order valence-electron chi connectivity index (χ2n) is 10.1. The number of ether oxygens (including phenoxy) is 1. The van der Waals surface area contributed by atoms with Gasteiger partial charge in [-0.1, -0.05) is 18.5 Å². The number of aromatic nitrogens is 1. The van der Waals surface area contributed by atoms with Crippen molar-refractivity contribution in [3.8, 4) is 0 Å². The van der Waals surface area contributed by atoms with Gasteiger partial charge in [0.2, 0.25) is 5.91 Å². The summed E-state index contributed by atoms with van der Waals surface area (Å²) in [6.07, 6.45) is 5.61. The molecular formula is C25H32ClN3O3. The van der Waals surface area contributed by atoms with Crippen molar-refractivity contribution in [2.75, 3.05) is 31.6 Å². The Bertz CT molecular complexity index is 1020. The van der Waals surface area contributed by atoms with E-state index >= 15 is 0 Å². The normalized spacial score (nSPS) is 28.2.